The summed E-state index contributed by atoms with van der Waals surface area (Å²) in [7, 11) is 1.91. The number of likely N-dealkylation sites (N-methyl/N-ethyl adjacent to an activating group) is 1. The van der Waals surface area contributed by atoms with E-state index in [9.17, 15) is 4.79 Å². The van der Waals surface area contributed by atoms with Gasteiger partial charge < -0.3 is 9.80 Å². The smallest absolute Gasteiger partial charge is 0.242 e. The Morgan fingerprint density at radius 2 is 2.26 bits per heavy atom. The molecule has 3 aromatic rings. The fourth-order valence-corrected chi connectivity index (χ4v) is 3.59. The molecule has 118 valence electrons. The molecule has 8 heteroatoms. The van der Waals surface area contributed by atoms with Gasteiger partial charge >= 0.3 is 0 Å². The van der Waals surface area contributed by atoms with Crippen molar-refractivity contribution in [3.05, 3.63) is 36.4 Å². The number of para-hydroxylation sites is 1. The molecule has 1 N–H and O–H groups in total. The van der Waals surface area contributed by atoms with Crippen molar-refractivity contribution in [2.75, 3.05) is 31.6 Å². The molecule has 3 heterocycles. The average molecular weight is 328 g/mol. The number of likely N-dealkylation sites (tertiary alicyclic amines) is 1. The number of nitrogens with zero attached hydrogens (tertiary/aromatic N) is 5. The van der Waals surface area contributed by atoms with Crippen LogP contribution in [0.4, 0.5) is 5.13 Å². The number of aromatic nitrogens is 4. The quantitative estimate of drug-likeness (QED) is 0.785. The first-order valence-electron chi connectivity index (χ1n) is 7.40. The Hall–Kier alpha value is -2.48. The van der Waals surface area contributed by atoms with Crippen LogP contribution < -0.4 is 4.90 Å². The minimum absolute atomic E-state index is 0.113. The molecule has 1 aliphatic rings. The predicted molar refractivity (Wildman–Crippen MR) is 88.6 cm³/mol. The summed E-state index contributed by atoms with van der Waals surface area (Å²) in [6, 6.07) is 8.01. The number of fused-ring (bicyclic) bond motifs is 1. The lowest BCUT2D eigenvalue weighted by atomic mass is 9.99. The Labute approximate surface area is 137 Å². The molecule has 23 heavy (non-hydrogen) atoms. The second-order valence-corrected chi connectivity index (χ2v) is 6.70. The highest BCUT2D eigenvalue weighted by Crippen LogP contribution is 2.28. The molecule has 0 bridgehead atoms. The Morgan fingerprint density at radius 1 is 1.43 bits per heavy atom. The molecule has 2 aromatic heterocycles. The number of nitrogens with one attached hydrogen (secondary N) is 1. The zero-order chi connectivity index (χ0) is 15.8. The number of hydrogen-bond donors (Lipinski definition) is 1. The lowest BCUT2D eigenvalue weighted by molar-refractivity contribution is -0.134. The third-order valence-electron chi connectivity index (χ3n) is 4.04. The van der Waals surface area contributed by atoms with Gasteiger partial charge in [-0.05, 0) is 12.1 Å². The summed E-state index contributed by atoms with van der Waals surface area (Å²) < 4.78 is 1.14. The van der Waals surface area contributed by atoms with Crippen molar-refractivity contribution in [1.82, 2.24) is 25.1 Å². The highest BCUT2D eigenvalue weighted by Gasteiger charge is 2.33. The summed E-state index contributed by atoms with van der Waals surface area (Å²) in [5.41, 5.74) is 0.973. The highest BCUT2D eigenvalue weighted by molar-refractivity contribution is 7.22. The summed E-state index contributed by atoms with van der Waals surface area (Å²) in [5, 5.41) is 7.58. The van der Waals surface area contributed by atoms with Crippen LogP contribution in [0.1, 0.15) is 11.7 Å². The fraction of sp³-hybridized carbons (Fsp3) is 0.333. The number of aromatic amines is 1. The third-order valence-corrected chi connectivity index (χ3v) is 5.19. The van der Waals surface area contributed by atoms with Gasteiger partial charge in [-0.3, -0.25) is 9.89 Å². The van der Waals surface area contributed by atoms with Crippen LogP contribution in [0, 0.1) is 0 Å². The number of amides is 1. The molecular formula is C15H16N6OS. The van der Waals surface area contributed by atoms with Gasteiger partial charge in [0.15, 0.2) is 5.13 Å². The van der Waals surface area contributed by atoms with Crippen molar-refractivity contribution in [3.63, 3.8) is 0 Å². The van der Waals surface area contributed by atoms with Gasteiger partial charge in [0.1, 0.15) is 12.2 Å². The molecule has 1 amide bonds. The maximum Gasteiger partial charge on any atom is 0.242 e. The fourth-order valence-electron chi connectivity index (χ4n) is 2.66. The molecule has 4 rings (SSSR count). The van der Waals surface area contributed by atoms with Crippen LogP contribution in [0.25, 0.3) is 10.2 Å². The predicted octanol–water partition coefficient (Wildman–Crippen LogP) is 1.48. The molecule has 0 saturated carbocycles. The first-order valence-corrected chi connectivity index (χ1v) is 8.22. The number of hydrogen-bond acceptors (Lipinski definition) is 6. The van der Waals surface area contributed by atoms with Crippen LogP contribution in [-0.2, 0) is 4.79 Å². The van der Waals surface area contributed by atoms with E-state index in [0.29, 0.717) is 19.6 Å². The van der Waals surface area contributed by atoms with E-state index in [1.165, 1.54) is 6.33 Å². The molecule has 0 unspecified atom stereocenters. The number of anilines is 1. The van der Waals surface area contributed by atoms with Gasteiger partial charge in [0.2, 0.25) is 5.91 Å². The number of carbonyl (C=O) groups excluding carboxylic acids is 1. The average Bonchev–Trinajstić information content (AvgIpc) is 3.14. The zero-order valence-electron chi connectivity index (χ0n) is 12.6. The number of rotatable bonds is 4. The highest BCUT2D eigenvalue weighted by atomic mass is 32.1. The van der Waals surface area contributed by atoms with Crippen molar-refractivity contribution in [3.8, 4) is 0 Å². The molecule has 0 atom stereocenters. The normalized spacial score (nSPS) is 14.9. The van der Waals surface area contributed by atoms with Crippen LogP contribution in [0.3, 0.4) is 0 Å². The van der Waals surface area contributed by atoms with Gasteiger partial charge in [-0.15, -0.1) is 0 Å². The zero-order valence-corrected chi connectivity index (χ0v) is 13.5. The van der Waals surface area contributed by atoms with Crippen molar-refractivity contribution < 1.29 is 4.79 Å². The minimum atomic E-state index is 0.113. The molecule has 0 spiro atoms. The van der Waals surface area contributed by atoms with Gasteiger partial charge in [-0.1, -0.05) is 23.5 Å². The summed E-state index contributed by atoms with van der Waals surface area (Å²) in [6.45, 7) is 1.73. The SMILES string of the molecule is CN(CC(=O)N1CC(c2ncn[nH]2)C1)c1nc2ccccc2s1. The molecule has 1 aromatic carbocycles. The Balaban J connectivity index is 1.37. The molecule has 0 aliphatic carbocycles. The minimum Gasteiger partial charge on any atom is -0.342 e. The van der Waals surface area contributed by atoms with Crippen LogP contribution in [0.15, 0.2) is 30.6 Å². The van der Waals surface area contributed by atoms with Crippen LogP contribution in [0.5, 0.6) is 0 Å². The molecule has 1 fully saturated rings. The van der Waals surface area contributed by atoms with Gasteiger partial charge in [-0.2, -0.15) is 5.10 Å². The third kappa shape index (κ3) is 2.65. The van der Waals surface area contributed by atoms with Crippen molar-refractivity contribution >= 4 is 32.6 Å². The van der Waals surface area contributed by atoms with E-state index in [4.69, 9.17) is 0 Å². The van der Waals surface area contributed by atoms with E-state index in [1.54, 1.807) is 11.3 Å². The van der Waals surface area contributed by atoms with Crippen LogP contribution in [-0.4, -0.2) is 57.7 Å². The largest absolute Gasteiger partial charge is 0.342 e. The summed E-state index contributed by atoms with van der Waals surface area (Å²) in [4.78, 5) is 24.8. The van der Waals surface area contributed by atoms with E-state index in [0.717, 1.165) is 21.2 Å². The van der Waals surface area contributed by atoms with Crippen LogP contribution in [0.2, 0.25) is 0 Å². The first-order chi connectivity index (χ1) is 11.2. The summed E-state index contributed by atoms with van der Waals surface area (Å²) in [6.07, 6.45) is 1.50. The van der Waals surface area contributed by atoms with E-state index >= 15 is 0 Å². The maximum absolute atomic E-state index is 12.4. The molecule has 7 nitrogen and oxygen atoms in total. The van der Waals surface area contributed by atoms with Gasteiger partial charge in [0, 0.05) is 20.1 Å². The molecular weight excluding hydrogens is 312 g/mol. The van der Waals surface area contributed by atoms with E-state index < -0.39 is 0 Å². The van der Waals surface area contributed by atoms with Gasteiger partial charge in [0.05, 0.1) is 22.7 Å². The van der Waals surface area contributed by atoms with E-state index in [2.05, 4.69) is 20.2 Å². The monoisotopic (exact) mass is 328 g/mol. The summed E-state index contributed by atoms with van der Waals surface area (Å²) >= 11 is 1.60. The standard InChI is InChI=1S/C15H16N6OS/c1-20(15-18-11-4-2-3-5-12(11)23-15)8-13(22)21-6-10(7-21)14-16-9-17-19-14/h2-5,9-10H,6-8H2,1H3,(H,16,17,19). The lowest BCUT2D eigenvalue weighted by Crippen LogP contribution is -2.51. The number of carbonyl (C=O) groups is 1. The van der Waals surface area contributed by atoms with E-state index in [-0.39, 0.29) is 11.8 Å². The number of thiazole rings is 1. The Bertz CT molecular complexity index is 790. The Morgan fingerprint density at radius 3 is 3.00 bits per heavy atom. The first kappa shape index (κ1) is 14.1. The summed E-state index contributed by atoms with van der Waals surface area (Å²) in [5.74, 6) is 1.24. The molecule has 1 aliphatic heterocycles. The Kier molecular flexibility index (Phi) is 3.45. The second kappa shape index (κ2) is 5.62. The van der Waals surface area contributed by atoms with Gasteiger partial charge in [0.25, 0.3) is 0 Å². The topological polar surface area (TPSA) is 78.0 Å². The molecule has 0 radical (unpaired) electrons. The maximum atomic E-state index is 12.4. The lowest BCUT2D eigenvalue weighted by Gasteiger charge is -2.38. The van der Waals surface area contributed by atoms with Crippen molar-refractivity contribution in [1.29, 1.82) is 0 Å². The van der Waals surface area contributed by atoms with Crippen LogP contribution >= 0.6 is 11.3 Å². The van der Waals surface area contributed by atoms with E-state index in [1.807, 2.05) is 41.1 Å². The number of H-pyrrole nitrogens is 1. The second-order valence-electron chi connectivity index (χ2n) is 5.69. The molecule has 1 saturated heterocycles. The van der Waals surface area contributed by atoms with Gasteiger partial charge in [-0.25, -0.2) is 9.97 Å². The van der Waals surface area contributed by atoms with Crippen molar-refractivity contribution in [2.45, 2.75) is 5.92 Å². The number of benzene rings is 1. The van der Waals surface area contributed by atoms with Crippen molar-refractivity contribution in [2.24, 2.45) is 0 Å².